The van der Waals surface area contributed by atoms with Gasteiger partial charge in [0.15, 0.2) is 11.5 Å². The first-order chi connectivity index (χ1) is 18.4. The molecule has 4 rings (SSSR count). The first kappa shape index (κ1) is 28.0. The summed E-state index contributed by atoms with van der Waals surface area (Å²) in [6.07, 6.45) is 2.19. The van der Waals surface area contributed by atoms with E-state index in [2.05, 4.69) is 21.1 Å². The van der Waals surface area contributed by atoms with Crippen LogP contribution in [0.3, 0.4) is 0 Å². The van der Waals surface area contributed by atoms with Gasteiger partial charge in [0.2, 0.25) is 5.91 Å². The van der Waals surface area contributed by atoms with E-state index >= 15 is 4.39 Å². The van der Waals surface area contributed by atoms with Crippen LogP contribution in [0.1, 0.15) is 68.2 Å². The molecule has 0 aliphatic heterocycles. The Morgan fingerprint density at radius 2 is 2.00 bits per heavy atom. The van der Waals surface area contributed by atoms with E-state index in [1.54, 1.807) is 12.2 Å². The van der Waals surface area contributed by atoms with Crippen molar-refractivity contribution in [3.8, 4) is 11.3 Å². The van der Waals surface area contributed by atoms with E-state index < -0.39 is 58.1 Å². The van der Waals surface area contributed by atoms with Crippen molar-refractivity contribution < 1.29 is 36.1 Å². The van der Waals surface area contributed by atoms with Crippen LogP contribution in [0, 0.1) is 0 Å². The molecule has 0 bridgehead atoms. The summed E-state index contributed by atoms with van der Waals surface area (Å²) in [5.41, 5.74) is -0.0601. The Morgan fingerprint density at radius 3 is 2.64 bits per heavy atom. The molecule has 0 fully saturated rings. The zero-order chi connectivity index (χ0) is 28.5. The Labute approximate surface area is 220 Å². The van der Waals surface area contributed by atoms with Crippen LogP contribution in [0.15, 0.2) is 52.5 Å². The molecule has 8 nitrogen and oxygen atoms in total. The topological polar surface area (TPSA) is 102 Å². The van der Waals surface area contributed by atoms with Gasteiger partial charge in [0.1, 0.15) is 28.8 Å². The molecule has 2 N–H and O–H groups in total. The maximum absolute atomic E-state index is 15.2. The lowest BCUT2D eigenvalue weighted by Gasteiger charge is -2.31. The molecule has 0 saturated heterocycles. The van der Waals surface area contributed by atoms with E-state index in [-0.39, 0.29) is 24.1 Å². The minimum Gasteiger partial charge on any atom is -0.355 e. The van der Waals surface area contributed by atoms with Gasteiger partial charge in [-0.25, -0.2) is 13.5 Å². The van der Waals surface area contributed by atoms with Gasteiger partial charge >= 0.3 is 6.18 Å². The van der Waals surface area contributed by atoms with E-state index in [1.165, 1.54) is 19.1 Å². The third-order valence-electron chi connectivity index (χ3n) is 6.53. The molecule has 0 aromatic carbocycles. The maximum Gasteiger partial charge on any atom is 0.433 e. The monoisotopic (exact) mass is 551 g/mol. The van der Waals surface area contributed by atoms with E-state index in [1.807, 2.05) is 6.92 Å². The highest BCUT2D eigenvalue weighted by molar-refractivity contribution is 6.04. The fourth-order valence-corrected chi connectivity index (χ4v) is 4.68. The maximum atomic E-state index is 15.2. The Balaban J connectivity index is 1.98. The van der Waals surface area contributed by atoms with Gasteiger partial charge in [0.05, 0.1) is 11.8 Å². The van der Waals surface area contributed by atoms with Crippen molar-refractivity contribution in [2.45, 2.75) is 64.3 Å². The number of nitrogens with zero attached hydrogens (tertiary/aromatic N) is 3. The molecule has 2 amide bonds. The molecule has 0 spiro atoms. The van der Waals surface area contributed by atoms with Crippen molar-refractivity contribution in [1.82, 2.24) is 25.8 Å². The van der Waals surface area contributed by atoms with Gasteiger partial charge in [-0.05, 0) is 31.4 Å². The summed E-state index contributed by atoms with van der Waals surface area (Å²) in [6, 6.07) is 0. The average Bonchev–Trinajstić information content (AvgIpc) is 3.50. The van der Waals surface area contributed by atoms with Crippen LogP contribution in [0.4, 0.5) is 22.0 Å². The molecule has 2 aromatic rings. The zero-order valence-corrected chi connectivity index (χ0v) is 21.3. The lowest BCUT2D eigenvalue weighted by Crippen LogP contribution is -2.40. The largest absolute Gasteiger partial charge is 0.433 e. The number of rotatable bonds is 6. The van der Waals surface area contributed by atoms with Crippen molar-refractivity contribution >= 4 is 17.4 Å². The number of hydrazine groups is 1. The van der Waals surface area contributed by atoms with Crippen LogP contribution in [0.25, 0.3) is 16.9 Å². The summed E-state index contributed by atoms with van der Waals surface area (Å²) < 4.78 is 79.5. The second-order valence-corrected chi connectivity index (χ2v) is 9.40. The molecule has 2 unspecified atom stereocenters. The predicted octanol–water partition coefficient (Wildman–Crippen LogP) is 5.72. The molecule has 208 valence electrons. The highest BCUT2D eigenvalue weighted by Crippen LogP contribution is 2.45. The van der Waals surface area contributed by atoms with Gasteiger partial charge < -0.3 is 4.52 Å². The lowest BCUT2D eigenvalue weighted by atomic mass is 9.88. The van der Waals surface area contributed by atoms with E-state index in [9.17, 15) is 27.2 Å². The number of aromatic nitrogens is 3. The molecule has 0 saturated carbocycles. The number of carbonyl (C=O) groups is 2. The van der Waals surface area contributed by atoms with E-state index in [4.69, 9.17) is 4.52 Å². The molecule has 2 heterocycles. The Hall–Kier alpha value is -4.03. The molecule has 2 atom stereocenters. The zero-order valence-electron chi connectivity index (χ0n) is 21.3. The first-order valence-electron chi connectivity index (χ1n) is 12.2. The number of hydrogen-bond acceptors (Lipinski definition) is 5. The SMILES string of the molecule is CCCC1=C(c2noc(-c3cnn(C4(C)CC=CC=C4F)c3C(F)(F)F)c2C(=O)NNC(C)=O)C(F)CC=C1. The van der Waals surface area contributed by atoms with Gasteiger partial charge in [0.25, 0.3) is 5.91 Å². The number of hydrogen-bond donors (Lipinski definition) is 2. The number of amides is 2. The highest BCUT2D eigenvalue weighted by atomic mass is 19.4. The second-order valence-electron chi connectivity index (χ2n) is 9.40. The summed E-state index contributed by atoms with van der Waals surface area (Å²) in [7, 11) is 0. The quantitative estimate of drug-likeness (QED) is 0.353. The molecule has 2 aliphatic rings. The highest BCUT2D eigenvalue weighted by Gasteiger charge is 2.47. The van der Waals surface area contributed by atoms with Crippen molar-refractivity contribution in [2.75, 3.05) is 0 Å². The second kappa shape index (κ2) is 10.6. The van der Waals surface area contributed by atoms with Crippen LogP contribution >= 0.6 is 0 Å². The predicted molar refractivity (Wildman–Crippen MR) is 131 cm³/mol. The molecule has 2 aliphatic carbocycles. The molecular weight excluding hydrogens is 525 g/mol. The first-order valence-corrected chi connectivity index (χ1v) is 12.2. The standard InChI is InChI=1S/C26H26F5N5O3/c1-4-8-15-9-7-10-17(27)19(15)21-20(24(38)34-33-14(2)37)22(39-35-21)16-13-32-36(23(16)26(29,30)31)25(3)12-6-5-11-18(25)28/h5-7,9,11,13,17H,4,8,10,12H2,1-3H3,(H,33,37)(H,34,38). The summed E-state index contributed by atoms with van der Waals surface area (Å²) in [4.78, 5) is 24.7. The summed E-state index contributed by atoms with van der Waals surface area (Å²) in [5.74, 6) is -3.26. The van der Waals surface area contributed by atoms with Gasteiger partial charge in [-0.2, -0.15) is 18.3 Å². The van der Waals surface area contributed by atoms with Crippen molar-refractivity contribution in [3.05, 3.63) is 64.9 Å². The van der Waals surface area contributed by atoms with Gasteiger partial charge in [0, 0.05) is 18.9 Å². The normalized spacial score (nSPS) is 21.2. The third-order valence-corrected chi connectivity index (χ3v) is 6.53. The van der Waals surface area contributed by atoms with Crippen molar-refractivity contribution in [1.29, 1.82) is 0 Å². The summed E-state index contributed by atoms with van der Waals surface area (Å²) in [6.45, 7) is 4.22. The number of carbonyl (C=O) groups excluding carboxylic acids is 2. The number of halogens is 5. The number of nitrogens with one attached hydrogen (secondary N) is 2. The average molecular weight is 552 g/mol. The third kappa shape index (κ3) is 5.17. The van der Waals surface area contributed by atoms with Gasteiger partial charge in [-0.15, -0.1) is 0 Å². The van der Waals surface area contributed by atoms with E-state index in [0.29, 0.717) is 23.1 Å². The van der Waals surface area contributed by atoms with Gasteiger partial charge in [-0.1, -0.05) is 42.8 Å². The number of allylic oxidation sites excluding steroid dienone is 8. The molecule has 2 aromatic heterocycles. The summed E-state index contributed by atoms with van der Waals surface area (Å²) in [5, 5.41) is 7.70. The van der Waals surface area contributed by atoms with Gasteiger partial charge in [-0.3, -0.25) is 20.4 Å². The van der Waals surface area contributed by atoms with Crippen LogP contribution in [0.2, 0.25) is 0 Å². The fourth-order valence-electron chi connectivity index (χ4n) is 4.68. The van der Waals surface area contributed by atoms with Crippen LogP contribution < -0.4 is 10.9 Å². The van der Waals surface area contributed by atoms with E-state index in [0.717, 1.165) is 19.2 Å². The molecule has 39 heavy (non-hydrogen) atoms. The van der Waals surface area contributed by atoms with Crippen molar-refractivity contribution in [2.24, 2.45) is 0 Å². The summed E-state index contributed by atoms with van der Waals surface area (Å²) >= 11 is 0. The van der Waals surface area contributed by atoms with Crippen LogP contribution in [-0.2, 0) is 16.5 Å². The molecule has 0 radical (unpaired) electrons. The molecular formula is C26H26F5N5O3. The van der Waals surface area contributed by atoms with Crippen molar-refractivity contribution in [3.63, 3.8) is 0 Å². The minimum absolute atomic E-state index is 0.00151. The van der Waals surface area contributed by atoms with Crippen LogP contribution in [0.5, 0.6) is 0 Å². The minimum atomic E-state index is -5.07. The fraction of sp³-hybridized carbons (Fsp3) is 0.385. The van der Waals surface area contributed by atoms with Crippen LogP contribution in [-0.4, -0.2) is 32.9 Å². The smallest absolute Gasteiger partial charge is 0.355 e. The molecule has 13 heteroatoms. The Morgan fingerprint density at radius 1 is 1.26 bits per heavy atom. The lowest BCUT2D eigenvalue weighted by molar-refractivity contribution is -0.145. The Bertz CT molecular complexity index is 1420. The Kier molecular flexibility index (Phi) is 7.62. The number of alkyl halides is 4.